The Morgan fingerprint density at radius 1 is 1.62 bits per heavy atom. The zero-order valence-corrected chi connectivity index (χ0v) is 7.86. The highest BCUT2D eigenvalue weighted by Crippen LogP contribution is 2.24. The number of anilines is 1. The number of hydrogen-bond donors (Lipinski definition) is 1. The van der Waals surface area contributed by atoms with Crippen molar-refractivity contribution in [2.45, 2.75) is 13.3 Å². The molecule has 1 N–H and O–H groups in total. The van der Waals surface area contributed by atoms with Crippen LogP contribution in [0.1, 0.15) is 13.3 Å². The predicted octanol–water partition coefficient (Wildman–Crippen LogP) is 2.83. The van der Waals surface area contributed by atoms with E-state index in [1.54, 1.807) is 6.92 Å². The van der Waals surface area contributed by atoms with Crippen LogP contribution in [-0.2, 0) is 4.79 Å². The second-order valence-corrected chi connectivity index (χ2v) is 2.91. The maximum absolute atomic E-state index is 13.0. The Bertz CT molecular complexity index is 307. The number of rotatable bonds is 2. The van der Waals surface area contributed by atoms with Crippen molar-refractivity contribution in [1.82, 2.24) is 0 Å². The minimum Gasteiger partial charge on any atom is -0.322 e. The summed E-state index contributed by atoms with van der Waals surface area (Å²) in [6, 6.07) is 4.26. The van der Waals surface area contributed by atoms with E-state index in [-0.39, 0.29) is 16.6 Å². The maximum atomic E-state index is 13.0. The molecule has 1 aromatic rings. The molecule has 0 atom stereocenters. The maximum Gasteiger partial charge on any atom is 0.224 e. The third-order valence-electron chi connectivity index (χ3n) is 1.55. The summed E-state index contributed by atoms with van der Waals surface area (Å²) in [6.45, 7) is 1.68. The number of benzene rings is 1. The van der Waals surface area contributed by atoms with Crippen LogP contribution in [0.4, 0.5) is 10.1 Å². The molecule has 70 valence electrons. The zero-order valence-electron chi connectivity index (χ0n) is 7.10. The van der Waals surface area contributed by atoms with Gasteiger partial charge in [0.15, 0.2) is 0 Å². The number of hydrogen-bond acceptors (Lipinski definition) is 1. The van der Waals surface area contributed by atoms with Gasteiger partial charge in [0.05, 0.1) is 10.7 Å². The van der Waals surface area contributed by atoms with Crippen LogP contribution in [0.15, 0.2) is 18.2 Å². The van der Waals surface area contributed by atoms with Gasteiger partial charge < -0.3 is 5.32 Å². The average molecular weight is 202 g/mol. The van der Waals surface area contributed by atoms with E-state index in [0.29, 0.717) is 6.42 Å². The predicted molar refractivity (Wildman–Crippen MR) is 50.3 cm³/mol. The van der Waals surface area contributed by atoms with E-state index in [4.69, 9.17) is 11.6 Å². The summed E-state index contributed by atoms with van der Waals surface area (Å²) in [4.78, 5) is 10.9. The fourth-order valence-corrected chi connectivity index (χ4v) is 1.06. The SMILES string of the molecule is CCC(=O)Nc1c(F)cccc1Cl. The Balaban J connectivity index is 2.93. The number of carbonyl (C=O) groups excluding carboxylic acids is 1. The largest absolute Gasteiger partial charge is 0.322 e. The van der Waals surface area contributed by atoms with Gasteiger partial charge in [0, 0.05) is 6.42 Å². The summed E-state index contributed by atoms with van der Waals surface area (Å²) in [7, 11) is 0. The standard InChI is InChI=1S/C9H9ClFNO/c1-2-8(13)12-9-6(10)4-3-5-7(9)11/h3-5H,2H2,1H3,(H,12,13). The molecule has 0 aromatic heterocycles. The van der Waals surface area contributed by atoms with Crippen LogP contribution in [0.3, 0.4) is 0 Å². The van der Waals surface area contributed by atoms with Gasteiger partial charge in [-0.25, -0.2) is 4.39 Å². The van der Waals surface area contributed by atoms with Crippen molar-refractivity contribution in [3.63, 3.8) is 0 Å². The van der Waals surface area contributed by atoms with Crippen LogP contribution in [0.25, 0.3) is 0 Å². The molecule has 1 amide bonds. The van der Waals surface area contributed by atoms with Crippen molar-refractivity contribution >= 4 is 23.2 Å². The van der Waals surface area contributed by atoms with Crippen LogP contribution < -0.4 is 5.32 Å². The van der Waals surface area contributed by atoms with E-state index < -0.39 is 5.82 Å². The minimum atomic E-state index is -0.519. The number of nitrogens with one attached hydrogen (secondary N) is 1. The van der Waals surface area contributed by atoms with E-state index in [0.717, 1.165) is 0 Å². The Kier molecular flexibility index (Phi) is 3.25. The Morgan fingerprint density at radius 3 is 2.85 bits per heavy atom. The highest BCUT2D eigenvalue weighted by atomic mass is 35.5. The topological polar surface area (TPSA) is 29.1 Å². The second-order valence-electron chi connectivity index (χ2n) is 2.50. The van der Waals surface area contributed by atoms with E-state index in [2.05, 4.69) is 5.32 Å². The van der Waals surface area contributed by atoms with Gasteiger partial charge in [-0.3, -0.25) is 4.79 Å². The number of halogens is 2. The lowest BCUT2D eigenvalue weighted by atomic mass is 10.3. The fraction of sp³-hybridized carbons (Fsp3) is 0.222. The average Bonchev–Trinajstić information content (AvgIpc) is 2.11. The van der Waals surface area contributed by atoms with E-state index >= 15 is 0 Å². The summed E-state index contributed by atoms with van der Waals surface area (Å²) >= 11 is 5.68. The van der Waals surface area contributed by atoms with Crippen molar-refractivity contribution < 1.29 is 9.18 Å². The summed E-state index contributed by atoms with van der Waals surface area (Å²) < 4.78 is 13.0. The van der Waals surface area contributed by atoms with E-state index in [1.807, 2.05) is 0 Å². The molecule has 0 fully saturated rings. The summed E-state index contributed by atoms with van der Waals surface area (Å²) in [5.41, 5.74) is 0.0519. The first kappa shape index (κ1) is 9.99. The van der Waals surface area contributed by atoms with Gasteiger partial charge in [-0.2, -0.15) is 0 Å². The molecule has 2 nitrogen and oxygen atoms in total. The summed E-state index contributed by atoms with van der Waals surface area (Å²) in [5.74, 6) is -0.777. The van der Waals surface area contributed by atoms with Crippen LogP contribution in [0.2, 0.25) is 5.02 Å². The molecule has 0 aliphatic heterocycles. The molecule has 0 aliphatic rings. The molecule has 0 aliphatic carbocycles. The van der Waals surface area contributed by atoms with E-state index in [1.165, 1.54) is 18.2 Å². The lowest BCUT2D eigenvalue weighted by Crippen LogP contribution is -2.11. The first-order valence-electron chi connectivity index (χ1n) is 3.89. The molecule has 0 saturated heterocycles. The summed E-state index contributed by atoms with van der Waals surface area (Å²) in [6.07, 6.45) is 0.296. The molecule has 0 spiro atoms. The van der Waals surface area contributed by atoms with Crippen LogP contribution in [0.5, 0.6) is 0 Å². The molecule has 0 saturated carbocycles. The molecule has 13 heavy (non-hydrogen) atoms. The highest BCUT2D eigenvalue weighted by Gasteiger charge is 2.08. The van der Waals surface area contributed by atoms with Gasteiger partial charge >= 0.3 is 0 Å². The molecule has 0 heterocycles. The van der Waals surface area contributed by atoms with Crippen molar-refractivity contribution in [3.8, 4) is 0 Å². The second kappa shape index (κ2) is 4.23. The third kappa shape index (κ3) is 2.42. The fourth-order valence-electron chi connectivity index (χ4n) is 0.845. The van der Waals surface area contributed by atoms with Gasteiger partial charge in [0.1, 0.15) is 5.82 Å². The van der Waals surface area contributed by atoms with Crippen LogP contribution in [0, 0.1) is 5.82 Å². The summed E-state index contributed by atoms with van der Waals surface area (Å²) in [5, 5.41) is 2.59. The molecule has 4 heteroatoms. The number of carbonyl (C=O) groups is 1. The molecular weight excluding hydrogens is 193 g/mol. The first-order valence-corrected chi connectivity index (χ1v) is 4.26. The van der Waals surface area contributed by atoms with Gasteiger partial charge in [-0.05, 0) is 12.1 Å². The van der Waals surface area contributed by atoms with Gasteiger partial charge in [0.25, 0.3) is 0 Å². The molecule has 0 bridgehead atoms. The third-order valence-corrected chi connectivity index (χ3v) is 1.86. The van der Waals surface area contributed by atoms with Crippen molar-refractivity contribution in [1.29, 1.82) is 0 Å². The minimum absolute atomic E-state index is 0.0519. The quantitative estimate of drug-likeness (QED) is 0.783. The smallest absolute Gasteiger partial charge is 0.224 e. The van der Waals surface area contributed by atoms with Gasteiger partial charge in [-0.1, -0.05) is 24.6 Å². The van der Waals surface area contributed by atoms with Gasteiger partial charge in [0.2, 0.25) is 5.91 Å². The van der Waals surface area contributed by atoms with Crippen molar-refractivity contribution in [2.75, 3.05) is 5.32 Å². The van der Waals surface area contributed by atoms with E-state index in [9.17, 15) is 9.18 Å². The number of para-hydroxylation sites is 1. The first-order chi connectivity index (χ1) is 6.15. The highest BCUT2D eigenvalue weighted by molar-refractivity contribution is 6.33. The molecule has 1 rings (SSSR count). The molecule has 1 aromatic carbocycles. The zero-order chi connectivity index (χ0) is 9.84. The lowest BCUT2D eigenvalue weighted by Gasteiger charge is -2.06. The Labute approximate surface area is 80.7 Å². The number of amides is 1. The molecule has 0 radical (unpaired) electrons. The van der Waals surface area contributed by atoms with Crippen LogP contribution in [-0.4, -0.2) is 5.91 Å². The lowest BCUT2D eigenvalue weighted by molar-refractivity contribution is -0.115. The Hall–Kier alpha value is -1.09. The monoisotopic (exact) mass is 201 g/mol. The van der Waals surface area contributed by atoms with Crippen LogP contribution >= 0.6 is 11.6 Å². The van der Waals surface area contributed by atoms with Crippen molar-refractivity contribution in [3.05, 3.63) is 29.0 Å². The normalized spacial score (nSPS) is 9.77. The van der Waals surface area contributed by atoms with Gasteiger partial charge in [-0.15, -0.1) is 0 Å². The van der Waals surface area contributed by atoms with Crippen molar-refractivity contribution in [2.24, 2.45) is 0 Å². The Morgan fingerprint density at radius 2 is 2.31 bits per heavy atom. The molecule has 0 unspecified atom stereocenters. The molecular formula is C9H9ClFNO.